The maximum Gasteiger partial charge on any atom is 0.241 e. The molecule has 0 aliphatic heterocycles. The first kappa shape index (κ1) is 14.0. The summed E-state index contributed by atoms with van der Waals surface area (Å²) < 4.78 is 0. The topological polar surface area (TPSA) is 55.1 Å². The molecule has 0 radical (unpaired) electrons. The number of hydrogen-bond donors (Lipinski definition) is 2. The van der Waals surface area contributed by atoms with Crippen LogP contribution in [0.15, 0.2) is 24.8 Å². The maximum atomic E-state index is 11.7. The highest BCUT2D eigenvalue weighted by Crippen LogP contribution is 2.32. The molecule has 1 aromatic carbocycles. The molecular formula is C12H14Cl2N2O. The molecule has 1 aromatic rings. The first-order valence-electron chi connectivity index (χ1n) is 5.09. The highest BCUT2D eigenvalue weighted by atomic mass is 35.5. The van der Waals surface area contributed by atoms with Crippen LogP contribution in [-0.2, 0) is 4.79 Å². The fourth-order valence-electron chi connectivity index (χ4n) is 1.27. The van der Waals surface area contributed by atoms with Gasteiger partial charge >= 0.3 is 0 Å². The van der Waals surface area contributed by atoms with Crippen LogP contribution in [0, 0.1) is 6.92 Å². The van der Waals surface area contributed by atoms with Gasteiger partial charge in [-0.2, -0.15) is 0 Å². The van der Waals surface area contributed by atoms with E-state index in [2.05, 4.69) is 11.9 Å². The lowest BCUT2D eigenvalue weighted by atomic mass is 10.2. The number of anilines is 1. The Morgan fingerprint density at radius 2 is 2.24 bits per heavy atom. The van der Waals surface area contributed by atoms with Gasteiger partial charge in [0.05, 0.1) is 21.8 Å². The number of benzene rings is 1. The van der Waals surface area contributed by atoms with Crippen molar-refractivity contribution in [2.45, 2.75) is 19.4 Å². The largest absolute Gasteiger partial charge is 0.322 e. The second-order valence-corrected chi connectivity index (χ2v) is 4.46. The first-order valence-corrected chi connectivity index (χ1v) is 5.85. The molecule has 0 aliphatic rings. The van der Waals surface area contributed by atoms with Crippen molar-refractivity contribution in [2.24, 2.45) is 5.73 Å². The average Bonchev–Trinajstić information content (AvgIpc) is 2.29. The Morgan fingerprint density at radius 3 is 2.82 bits per heavy atom. The molecule has 17 heavy (non-hydrogen) atoms. The van der Waals surface area contributed by atoms with Crippen LogP contribution in [0.25, 0.3) is 0 Å². The van der Waals surface area contributed by atoms with E-state index in [-0.39, 0.29) is 5.91 Å². The molecule has 0 heterocycles. The van der Waals surface area contributed by atoms with Crippen molar-refractivity contribution in [3.8, 4) is 0 Å². The van der Waals surface area contributed by atoms with Gasteiger partial charge in [-0.25, -0.2) is 0 Å². The molecule has 5 heteroatoms. The Labute approximate surface area is 111 Å². The van der Waals surface area contributed by atoms with Crippen molar-refractivity contribution in [2.75, 3.05) is 5.32 Å². The fraction of sp³-hybridized carbons (Fsp3) is 0.250. The number of carbonyl (C=O) groups is 1. The van der Waals surface area contributed by atoms with E-state index in [9.17, 15) is 4.79 Å². The molecule has 0 aromatic heterocycles. The Bertz CT molecular complexity index is 446. The number of halogens is 2. The zero-order valence-corrected chi connectivity index (χ0v) is 11.0. The molecule has 1 rings (SSSR count). The summed E-state index contributed by atoms with van der Waals surface area (Å²) in [6.45, 7) is 5.36. The summed E-state index contributed by atoms with van der Waals surface area (Å²) in [5.41, 5.74) is 6.88. The van der Waals surface area contributed by atoms with Gasteiger partial charge in [-0.1, -0.05) is 35.3 Å². The zero-order valence-electron chi connectivity index (χ0n) is 9.47. The number of aryl methyl sites for hydroxylation is 1. The highest BCUT2D eigenvalue weighted by Gasteiger charge is 2.16. The molecule has 0 saturated heterocycles. The average molecular weight is 273 g/mol. The molecule has 92 valence electrons. The van der Waals surface area contributed by atoms with Crippen LogP contribution in [0.4, 0.5) is 5.69 Å². The lowest BCUT2D eigenvalue weighted by molar-refractivity contribution is -0.117. The van der Waals surface area contributed by atoms with Crippen molar-refractivity contribution in [1.29, 1.82) is 0 Å². The summed E-state index contributed by atoms with van der Waals surface area (Å²) in [4.78, 5) is 11.7. The van der Waals surface area contributed by atoms with Gasteiger partial charge in [-0.3, -0.25) is 4.79 Å². The smallest absolute Gasteiger partial charge is 0.241 e. The molecule has 0 aliphatic carbocycles. The zero-order chi connectivity index (χ0) is 13.0. The molecule has 0 saturated carbocycles. The minimum absolute atomic E-state index is 0.334. The number of nitrogens with two attached hydrogens (primary N) is 1. The SMILES string of the molecule is C=CCC(N)C(=O)Nc1c(Cl)ccc(C)c1Cl. The molecule has 1 atom stereocenters. The van der Waals surface area contributed by atoms with Gasteiger partial charge in [0.1, 0.15) is 0 Å². The number of nitrogens with one attached hydrogen (secondary N) is 1. The van der Waals surface area contributed by atoms with Gasteiger partial charge in [0.25, 0.3) is 0 Å². The normalized spacial score (nSPS) is 12.0. The summed E-state index contributed by atoms with van der Waals surface area (Å²) >= 11 is 12.0. The van der Waals surface area contributed by atoms with Gasteiger partial charge in [0, 0.05) is 0 Å². The first-order chi connectivity index (χ1) is 7.97. The van der Waals surface area contributed by atoms with Gasteiger partial charge in [-0.15, -0.1) is 6.58 Å². The van der Waals surface area contributed by atoms with Crippen LogP contribution >= 0.6 is 23.2 Å². The highest BCUT2D eigenvalue weighted by molar-refractivity contribution is 6.40. The molecule has 3 N–H and O–H groups in total. The maximum absolute atomic E-state index is 11.7. The molecule has 1 unspecified atom stereocenters. The Hall–Kier alpha value is -1.03. The van der Waals surface area contributed by atoms with Crippen molar-refractivity contribution < 1.29 is 4.79 Å². The van der Waals surface area contributed by atoms with Crippen LogP contribution in [0.1, 0.15) is 12.0 Å². The monoisotopic (exact) mass is 272 g/mol. The van der Waals surface area contributed by atoms with E-state index in [0.717, 1.165) is 5.56 Å². The standard InChI is InChI=1S/C12H14Cl2N2O/c1-3-4-9(15)12(17)16-11-8(13)6-5-7(2)10(11)14/h3,5-6,9H,1,4,15H2,2H3,(H,16,17). The van der Waals surface area contributed by atoms with E-state index in [4.69, 9.17) is 28.9 Å². The molecular weight excluding hydrogens is 259 g/mol. The third kappa shape index (κ3) is 3.46. The van der Waals surface area contributed by atoms with Crippen LogP contribution in [0.2, 0.25) is 10.0 Å². The third-order valence-corrected chi connectivity index (χ3v) is 3.09. The minimum atomic E-state index is -0.653. The molecule has 0 spiro atoms. The third-order valence-electron chi connectivity index (χ3n) is 2.29. The van der Waals surface area contributed by atoms with Crippen LogP contribution in [0.5, 0.6) is 0 Å². The predicted molar refractivity (Wildman–Crippen MR) is 72.6 cm³/mol. The van der Waals surface area contributed by atoms with E-state index in [0.29, 0.717) is 22.2 Å². The van der Waals surface area contributed by atoms with E-state index < -0.39 is 6.04 Å². The molecule has 0 bridgehead atoms. The minimum Gasteiger partial charge on any atom is -0.322 e. The fourth-order valence-corrected chi connectivity index (χ4v) is 1.74. The summed E-state index contributed by atoms with van der Waals surface area (Å²) in [5, 5.41) is 3.44. The van der Waals surface area contributed by atoms with Gasteiger partial charge < -0.3 is 11.1 Å². The Balaban J connectivity index is 2.92. The number of amides is 1. The van der Waals surface area contributed by atoms with Crippen molar-refractivity contribution in [3.05, 3.63) is 40.4 Å². The summed E-state index contributed by atoms with van der Waals surface area (Å²) in [7, 11) is 0. The lowest BCUT2D eigenvalue weighted by Crippen LogP contribution is -2.35. The molecule has 0 fully saturated rings. The van der Waals surface area contributed by atoms with Gasteiger partial charge in [0.2, 0.25) is 5.91 Å². The van der Waals surface area contributed by atoms with Crippen molar-refractivity contribution in [1.82, 2.24) is 0 Å². The Kier molecular flexibility index (Phi) is 5.00. The van der Waals surface area contributed by atoms with Gasteiger partial charge in [-0.05, 0) is 25.0 Å². The summed E-state index contributed by atoms with van der Waals surface area (Å²) in [6, 6.07) is 2.81. The predicted octanol–water partition coefficient (Wildman–Crippen LogP) is 3.14. The van der Waals surface area contributed by atoms with E-state index in [1.807, 2.05) is 6.92 Å². The summed E-state index contributed by atoms with van der Waals surface area (Å²) in [5.74, 6) is -0.334. The lowest BCUT2D eigenvalue weighted by Gasteiger charge is -2.14. The van der Waals surface area contributed by atoms with Crippen LogP contribution in [-0.4, -0.2) is 11.9 Å². The number of hydrogen-bond acceptors (Lipinski definition) is 2. The van der Waals surface area contributed by atoms with E-state index in [1.165, 1.54) is 0 Å². The van der Waals surface area contributed by atoms with Gasteiger partial charge in [0.15, 0.2) is 0 Å². The number of rotatable bonds is 4. The number of carbonyl (C=O) groups excluding carboxylic acids is 1. The van der Waals surface area contributed by atoms with E-state index >= 15 is 0 Å². The molecule has 1 amide bonds. The second-order valence-electron chi connectivity index (χ2n) is 3.67. The Morgan fingerprint density at radius 1 is 1.59 bits per heavy atom. The van der Waals surface area contributed by atoms with Crippen LogP contribution < -0.4 is 11.1 Å². The molecule has 3 nitrogen and oxygen atoms in total. The summed E-state index contributed by atoms with van der Waals surface area (Å²) in [6.07, 6.45) is 1.98. The second kappa shape index (κ2) is 6.05. The van der Waals surface area contributed by atoms with Crippen molar-refractivity contribution in [3.63, 3.8) is 0 Å². The van der Waals surface area contributed by atoms with Crippen LogP contribution in [0.3, 0.4) is 0 Å². The van der Waals surface area contributed by atoms with Crippen molar-refractivity contribution >= 4 is 34.8 Å². The van der Waals surface area contributed by atoms with E-state index in [1.54, 1.807) is 18.2 Å². The quantitative estimate of drug-likeness (QED) is 0.828.